The van der Waals surface area contributed by atoms with Gasteiger partial charge in [-0.15, -0.1) is 0 Å². The Morgan fingerprint density at radius 1 is 0.606 bits per heavy atom. The van der Waals surface area contributed by atoms with E-state index in [4.69, 9.17) is 5.73 Å². The Bertz CT molecular complexity index is 977. The molecule has 33 heavy (non-hydrogen) atoms. The molecule has 2 aromatic carbocycles. The van der Waals surface area contributed by atoms with E-state index in [1.165, 1.54) is 11.4 Å². The Balaban J connectivity index is 1.71. The number of anilines is 3. The van der Waals surface area contributed by atoms with Gasteiger partial charge in [0.25, 0.3) is 0 Å². The molecule has 0 spiro atoms. The van der Waals surface area contributed by atoms with Crippen LogP contribution in [-0.4, -0.2) is 36.1 Å². The maximum Gasteiger partial charge on any atom is 0.221 e. The largest absolute Gasteiger partial charge is 0.372 e. The average molecular weight is 442 g/mol. The number of hydrogen-bond acceptors (Lipinski definition) is 5. The van der Waals surface area contributed by atoms with Gasteiger partial charge in [-0.05, 0) is 81.3 Å². The lowest BCUT2D eigenvalue weighted by atomic mass is 10.1. The highest BCUT2D eigenvalue weighted by atomic mass is 15.1. The fraction of sp³-hybridized carbons (Fsp3) is 0.286. The van der Waals surface area contributed by atoms with Gasteiger partial charge < -0.3 is 15.5 Å². The van der Waals surface area contributed by atoms with E-state index in [1.54, 1.807) is 0 Å². The van der Waals surface area contributed by atoms with Crippen molar-refractivity contribution in [3.05, 3.63) is 77.1 Å². The van der Waals surface area contributed by atoms with Crippen LogP contribution in [-0.2, 0) is 0 Å². The van der Waals surface area contributed by atoms with Crippen molar-refractivity contribution in [2.75, 3.05) is 41.7 Å². The lowest BCUT2D eigenvalue weighted by Crippen LogP contribution is -2.21. The van der Waals surface area contributed by atoms with Crippen LogP contribution >= 0.6 is 0 Å². The molecular formula is C28H35N5. The standard InChI is InChI=1S/C28H35N5/c1-5-32(6-2)26-17-11-22(12-18-26)9-15-24-21-25(31-28(29)30-24)16-10-23-13-19-27(20-14-23)33(7-3)8-4/h9-21H,5-8H2,1-4H3,(H2,29,30,31). The number of benzene rings is 2. The van der Waals surface area contributed by atoms with Gasteiger partial charge in [-0.25, -0.2) is 9.97 Å². The second-order valence-corrected chi connectivity index (χ2v) is 7.77. The molecule has 0 atom stereocenters. The summed E-state index contributed by atoms with van der Waals surface area (Å²) in [6.45, 7) is 12.7. The first-order valence-corrected chi connectivity index (χ1v) is 11.8. The van der Waals surface area contributed by atoms with Gasteiger partial charge in [-0.3, -0.25) is 0 Å². The predicted molar refractivity (Wildman–Crippen MR) is 144 cm³/mol. The van der Waals surface area contributed by atoms with Gasteiger partial charge in [-0.2, -0.15) is 0 Å². The first kappa shape index (κ1) is 24.1. The first-order chi connectivity index (χ1) is 16.1. The van der Waals surface area contributed by atoms with Gasteiger partial charge in [-0.1, -0.05) is 36.4 Å². The molecule has 3 rings (SSSR count). The molecule has 5 heteroatoms. The monoisotopic (exact) mass is 441 g/mol. The molecule has 0 radical (unpaired) electrons. The summed E-state index contributed by atoms with van der Waals surface area (Å²) >= 11 is 0. The second-order valence-electron chi connectivity index (χ2n) is 7.77. The van der Waals surface area contributed by atoms with E-state index in [-0.39, 0.29) is 5.95 Å². The third-order valence-corrected chi connectivity index (χ3v) is 5.72. The quantitative estimate of drug-likeness (QED) is 0.412. The third-order valence-electron chi connectivity index (χ3n) is 5.72. The minimum atomic E-state index is 0.269. The average Bonchev–Trinajstić information content (AvgIpc) is 2.84. The SMILES string of the molecule is CCN(CC)c1ccc(C=Cc2cc(C=Cc3ccc(N(CC)CC)cc3)nc(N)n2)cc1. The molecule has 0 bridgehead atoms. The molecule has 0 unspecified atom stereocenters. The number of nitrogens with two attached hydrogens (primary N) is 1. The van der Waals surface area contributed by atoms with Crippen LogP contribution in [0.4, 0.5) is 17.3 Å². The molecule has 2 N–H and O–H groups in total. The zero-order chi connectivity index (χ0) is 23.6. The number of aromatic nitrogens is 2. The van der Waals surface area contributed by atoms with Crippen molar-refractivity contribution in [1.29, 1.82) is 0 Å². The van der Waals surface area contributed by atoms with Crippen LogP contribution in [0.25, 0.3) is 24.3 Å². The first-order valence-electron chi connectivity index (χ1n) is 11.8. The lowest BCUT2D eigenvalue weighted by molar-refractivity contribution is 0.866. The van der Waals surface area contributed by atoms with Gasteiger partial charge in [0.15, 0.2) is 0 Å². The fourth-order valence-corrected chi connectivity index (χ4v) is 3.81. The van der Waals surface area contributed by atoms with Crippen LogP contribution in [0.3, 0.4) is 0 Å². The highest BCUT2D eigenvalue weighted by Gasteiger charge is 2.02. The van der Waals surface area contributed by atoms with Gasteiger partial charge in [0, 0.05) is 37.6 Å². The van der Waals surface area contributed by atoms with Crippen molar-refractivity contribution in [2.45, 2.75) is 27.7 Å². The van der Waals surface area contributed by atoms with Crippen LogP contribution in [0.5, 0.6) is 0 Å². The molecule has 0 saturated carbocycles. The molecule has 1 heterocycles. The maximum absolute atomic E-state index is 5.96. The summed E-state index contributed by atoms with van der Waals surface area (Å²) in [5.41, 5.74) is 12.2. The zero-order valence-electron chi connectivity index (χ0n) is 20.2. The summed E-state index contributed by atoms with van der Waals surface area (Å²) in [5.74, 6) is 0.269. The molecule has 0 amide bonds. The Morgan fingerprint density at radius 2 is 0.970 bits per heavy atom. The van der Waals surface area contributed by atoms with Crippen molar-refractivity contribution >= 4 is 41.6 Å². The number of hydrogen-bond donors (Lipinski definition) is 1. The molecule has 0 fully saturated rings. The van der Waals surface area contributed by atoms with E-state index in [1.807, 2.05) is 30.4 Å². The molecule has 0 aliphatic rings. The maximum atomic E-state index is 5.96. The topological polar surface area (TPSA) is 58.3 Å². The highest BCUT2D eigenvalue weighted by Crippen LogP contribution is 2.18. The minimum Gasteiger partial charge on any atom is -0.372 e. The minimum absolute atomic E-state index is 0.269. The van der Waals surface area contributed by atoms with Crippen LogP contribution in [0, 0.1) is 0 Å². The molecule has 0 aliphatic carbocycles. The molecule has 1 aromatic heterocycles. The summed E-state index contributed by atoms with van der Waals surface area (Å²) in [5, 5.41) is 0. The number of nitrogens with zero attached hydrogens (tertiary/aromatic N) is 4. The smallest absolute Gasteiger partial charge is 0.221 e. The molecule has 0 aliphatic heterocycles. The Hall–Kier alpha value is -3.60. The van der Waals surface area contributed by atoms with Crippen molar-refractivity contribution in [3.63, 3.8) is 0 Å². The van der Waals surface area contributed by atoms with Gasteiger partial charge >= 0.3 is 0 Å². The summed E-state index contributed by atoms with van der Waals surface area (Å²) < 4.78 is 0. The normalized spacial score (nSPS) is 11.4. The van der Waals surface area contributed by atoms with Crippen LogP contribution in [0.15, 0.2) is 54.6 Å². The van der Waals surface area contributed by atoms with Crippen molar-refractivity contribution < 1.29 is 0 Å². The van der Waals surface area contributed by atoms with Crippen molar-refractivity contribution in [3.8, 4) is 0 Å². The predicted octanol–water partition coefficient (Wildman–Crippen LogP) is 6.09. The lowest BCUT2D eigenvalue weighted by Gasteiger charge is -2.20. The summed E-state index contributed by atoms with van der Waals surface area (Å²) in [6.07, 6.45) is 8.04. The molecular weight excluding hydrogens is 406 g/mol. The number of rotatable bonds is 10. The third kappa shape index (κ3) is 6.69. The fourth-order valence-electron chi connectivity index (χ4n) is 3.81. The van der Waals surface area contributed by atoms with E-state index in [2.05, 4.69) is 96.0 Å². The molecule has 0 saturated heterocycles. The van der Waals surface area contributed by atoms with Crippen molar-refractivity contribution in [1.82, 2.24) is 9.97 Å². The van der Waals surface area contributed by atoms with Crippen molar-refractivity contribution in [2.24, 2.45) is 0 Å². The van der Waals surface area contributed by atoms with E-state index in [9.17, 15) is 0 Å². The Morgan fingerprint density at radius 3 is 1.30 bits per heavy atom. The van der Waals surface area contributed by atoms with Gasteiger partial charge in [0.05, 0.1) is 11.4 Å². The van der Waals surface area contributed by atoms with E-state index >= 15 is 0 Å². The summed E-state index contributed by atoms with van der Waals surface area (Å²) in [7, 11) is 0. The Kier molecular flexibility index (Phi) is 8.64. The van der Waals surface area contributed by atoms with Crippen LogP contribution in [0.1, 0.15) is 50.2 Å². The summed E-state index contributed by atoms with van der Waals surface area (Å²) in [6, 6.07) is 19.0. The van der Waals surface area contributed by atoms with E-state index in [0.717, 1.165) is 48.7 Å². The zero-order valence-corrected chi connectivity index (χ0v) is 20.2. The molecule has 172 valence electrons. The number of nitrogen functional groups attached to an aromatic ring is 1. The van der Waals surface area contributed by atoms with E-state index in [0.29, 0.717) is 0 Å². The molecule has 3 aromatic rings. The van der Waals surface area contributed by atoms with Gasteiger partial charge in [0.1, 0.15) is 0 Å². The second kappa shape index (κ2) is 11.9. The van der Waals surface area contributed by atoms with Crippen LogP contribution < -0.4 is 15.5 Å². The van der Waals surface area contributed by atoms with Gasteiger partial charge in [0.2, 0.25) is 5.95 Å². The Labute approximate surface area is 198 Å². The molecule has 5 nitrogen and oxygen atoms in total. The summed E-state index contributed by atoms with van der Waals surface area (Å²) in [4.78, 5) is 13.4. The van der Waals surface area contributed by atoms with Crippen LogP contribution in [0.2, 0.25) is 0 Å². The highest BCUT2D eigenvalue weighted by molar-refractivity contribution is 5.73. The van der Waals surface area contributed by atoms with E-state index < -0.39 is 0 Å².